The van der Waals surface area contributed by atoms with E-state index in [1.807, 2.05) is 0 Å². The van der Waals surface area contributed by atoms with Crippen LogP contribution >= 0.6 is 15.9 Å². The van der Waals surface area contributed by atoms with Crippen LogP contribution in [0.2, 0.25) is 0 Å². The number of aromatic nitrogens is 3. The maximum Gasteiger partial charge on any atom is 0.171 e. The number of benzene rings is 1. The average Bonchev–Trinajstić information content (AvgIpc) is 2.82. The zero-order valence-electron chi connectivity index (χ0n) is 8.65. The quantitative estimate of drug-likeness (QED) is 0.869. The molecule has 0 saturated heterocycles. The Morgan fingerprint density at radius 3 is 3.06 bits per heavy atom. The first-order chi connectivity index (χ1) is 7.83. The molecule has 16 heavy (non-hydrogen) atoms. The van der Waals surface area contributed by atoms with Gasteiger partial charge in [0.25, 0.3) is 0 Å². The monoisotopic (exact) mass is 278 g/mol. The molecular weight excluding hydrogens is 268 g/mol. The fourth-order valence-electron chi connectivity index (χ4n) is 2.07. The van der Waals surface area contributed by atoms with E-state index >= 15 is 0 Å². The zero-order chi connectivity index (χ0) is 11.0. The van der Waals surface area contributed by atoms with Gasteiger partial charge in [-0.05, 0) is 29.7 Å². The van der Waals surface area contributed by atoms with Crippen LogP contribution < -0.4 is 4.90 Å². The first-order valence-corrected chi connectivity index (χ1v) is 6.00. The van der Waals surface area contributed by atoms with E-state index in [4.69, 9.17) is 0 Å². The standard InChI is InChI=1S/C11H11BrN4/c12-10-2-1-9-7-16(4-3-8(9)5-10)11-6-13-15-14-11/h1-2,5-6H,3-4,7H2,(H,13,14,15). The highest BCUT2D eigenvalue weighted by Crippen LogP contribution is 2.24. The van der Waals surface area contributed by atoms with Crippen molar-refractivity contribution in [2.24, 2.45) is 0 Å². The normalized spacial score (nSPS) is 14.9. The Morgan fingerprint density at radius 2 is 2.25 bits per heavy atom. The Balaban J connectivity index is 1.89. The van der Waals surface area contributed by atoms with Crippen LogP contribution in [0.15, 0.2) is 28.9 Å². The predicted molar refractivity (Wildman–Crippen MR) is 65.3 cm³/mol. The molecule has 4 nitrogen and oxygen atoms in total. The lowest BCUT2D eigenvalue weighted by atomic mass is 10.0. The van der Waals surface area contributed by atoms with E-state index < -0.39 is 0 Å². The molecule has 0 unspecified atom stereocenters. The Morgan fingerprint density at radius 1 is 1.31 bits per heavy atom. The van der Waals surface area contributed by atoms with E-state index in [1.54, 1.807) is 6.20 Å². The van der Waals surface area contributed by atoms with Gasteiger partial charge < -0.3 is 4.90 Å². The number of hydrogen-bond acceptors (Lipinski definition) is 3. The molecule has 0 fully saturated rings. The molecule has 0 amide bonds. The molecule has 0 bridgehead atoms. The number of nitrogens with one attached hydrogen (secondary N) is 1. The summed E-state index contributed by atoms with van der Waals surface area (Å²) in [6, 6.07) is 6.46. The van der Waals surface area contributed by atoms with Gasteiger partial charge in [-0.15, -0.1) is 5.10 Å². The maximum absolute atomic E-state index is 4.11. The third-order valence-electron chi connectivity index (χ3n) is 2.91. The van der Waals surface area contributed by atoms with Gasteiger partial charge in [-0.3, -0.25) is 0 Å². The molecule has 1 aromatic carbocycles. The van der Waals surface area contributed by atoms with Gasteiger partial charge in [-0.2, -0.15) is 10.3 Å². The first-order valence-electron chi connectivity index (χ1n) is 5.21. The van der Waals surface area contributed by atoms with Crippen molar-refractivity contribution in [2.45, 2.75) is 13.0 Å². The highest BCUT2D eigenvalue weighted by molar-refractivity contribution is 9.10. The van der Waals surface area contributed by atoms with Crippen molar-refractivity contribution in [1.82, 2.24) is 15.4 Å². The number of anilines is 1. The summed E-state index contributed by atoms with van der Waals surface area (Å²) in [5.74, 6) is 0.925. The molecule has 1 N–H and O–H groups in total. The number of hydrogen-bond donors (Lipinski definition) is 1. The van der Waals surface area contributed by atoms with E-state index in [0.717, 1.165) is 29.8 Å². The van der Waals surface area contributed by atoms with Crippen LogP contribution in [-0.2, 0) is 13.0 Å². The van der Waals surface area contributed by atoms with Crippen molar-refractivity contribution < 1.29 is 0 Å². The van der Waals surface area contributed by atoms with Crippen molar-refractivity contribution in [3.63, 3.8) is 0 Å². The molecule has 3 rings (SSSR count). The highest BCUT2D eigenvalue weighted by Gasteiger charge is 2.17. The topological polar surface area (TPSA) is 44.8 Å². The molecular formula is C11H11BrN4. The third-order valence-corrected chi connectivity index (χ3v) is 3.40. The molecule has 0 atom stereocenters. The lowest BCUT2D eigenvalue weighted by Gasteiger charge is -2.28. The van der Waals surface area contributed by atoms with Crippen molar-refractivity contribution in [3.05, 3.63) is 40.0 Å². The minimum Gasteiger partial charge on any atom is -0.349 e. The van der Waals surface area contributed by atoms with Crippen LogP contribution in [0.3, 0.4) is 0 Å². The van der Waals surface area contributed by atoms with Gasteiger partial charge in [0.15, 0.2) is 5.82 Å². The summed E-state index contributed by atoms with van der Waals surface area (Å²) in [5.41, 5.74) is 2.80. The van der Waals surface area contributed by atoms with Gasteiger partial charge in [0.1, 0.15) is 0 Å². The van der Waals surface area contributed by atoms with E-state index in [2.05, 4.69) is 54.4 Å². The SMILES string of the molecule is Brc1ccc2c(c1)CCN(c1cn[nH]n1)C2. The van der Waals surface area contributed by atoms with E-state index in [0.29, 0.717) is 0 Å². The van der Waals surface area contributed by atoms with Gasteiger partial charge in [-0.1, -0.05) is 22.0 Å². The van der Waals surface area contributed by atoms with E-state index in [1.165, 1.54) is 11.1 Å². The van der Waals surface area contributed by atoms with Crippen molar-refractivity contribution in [2.75, 3.05) is 11.4 Å². The highest BCUT2D eigenvalue weighted by atomic mass is 79.9. The minimum absolute atomic E-state index is 0.912. The molecule has 0 aliphatic carbocycles. The third kappa shape index (κ3) is 1.71. The van der Waals surface area contributed by atoms with Crippen molar-refractivity contribution >= 4 is 21.7 Å². The summed E-state index contributed by atoms with van der Waals surface area (Å²) in [6.07, 6.45) is 2.82. The summed E-state index contributed by atoms with van der Waals surface area (Å²) in [6.45, 7) is 1.91. The number of H-pyrrole nitrogens is 1. The Bertz CT molecular complexity index is 495. The average molecular weight is 279 g/mol. The zero-order valence-corrected chi connectivity index (χ0v) is 10.2. The molecule has 0 spiro atoms. The second-order valence-corrected chi connectivity index (χ2v) is 4.83. The molecule has 0 radical (unpaired) electrons. The number of halogens is 1. The van der Waals surface area contributed by atoms with Crippen molar-refractivity contribution in [1.29, 1.82) is 0 Å². The summed E-state index contributed by atoms with van der Waals surface area (Å²) in [5, 5.41) is 10.6. The smallest absolute Gasteiger partial charge is 0.171 e. The van der Waals surface area contributed by atoms with Gasteiger partial charge in [0.2, 0.25) is 0 Å². The Labute approximate surface area is 102 Å². The van der Waals surface area contributed by atoms with Crippen LogP contribution in [0, 0.1) is 0 Å². The number of nitrogens with zero attached hydrogens (tertiary/aromatic N) is 3. The van der Waals surface area contributed by atoms with Crippen LogP contribution in [-0.4, -0.2) is 22.0 Å². The Hall–Kier alpha value is -1.36. The summed E-state index contributed by atoms with van der Waals surface area (Å²) < 4.78 is 1.15. The fourth-order valence-corrected chi connectivity index (χ4v) is 2.47. The van der Waals surface area contributed by atoms with Gasteiger partial charge in [0, 0.05) is 17.6 Å². The second kappa shape index (κ2) is 3.90. The summed E-state index contributed by atoms with van der Waals surface area (Å²) in [7, 11) is 0. The molecule has 1 aliphatic rings. The number of rotatable bonds is 1. The van der Waals surface area contributed by atoms with Crippen LogP contribution in [0.4, 0.5) is 5.82 Å². The van der Waals surface area contributed by atoms with Crippen LogP contribution in [0.25, 0.3) is 0 Å². The minimum atomic E-state index is 0.912. The van der Waals surface area contributed by atoms with Crippen LogP contribution in [0.1, 0.15) is 11.1 Å². The summed E-state index contributed by atoms with van der Waals surface area (Å²) >= 11 is 3.50. The van der Waals surface area contributed by atoms with E-state index in [9.17, 15) is 0 Å². The van der Waals surface area contributed by atoms with Gasteiger partial charge in [-0.25, -0.2) is 0 Å². The molecule has 1 aliphatic heterocycles. The second-order valence-electron chi connectivity index (χ2n) is 3.91. The predicted octanol–water partition coefficient (Wildman–Crippen LogP) is 2.13. The maximum atomic E-state index is 4.11. The Kier molecular flexibility index (Phi) is 2.40. The first kappa shape index (κ1) is 9.84. The lowest BCUT2D eigenvalue weighted by molar-refractivity contribution is 0.718. The largest absolute Gasteiger partial charge is 0.349 e. The van der Waals surface area contributed by atoms with E-state index in [-0.39, 0.29) is 0 Å². The molecule has 2 aromatic rings. The van der Waals surface area contributed by atoms with Crippen LogP contribution in [0.5, 0.6) is 0 Å². The number of aromatic amines is 1. The van der Waals surface area contributed by atoms with Gasteiger partial charge in [0.05, 0.1) is 6.20 Å². The lowest BCUT2D eigenvalue weighted by Crippen LogP contribution is -2.30. The fraction of sp³-hybridized carbons (Fsp3) is 0.273. The number of fused-ring (bicyclic) bond motifs is 1. The molecule has 82 valence electrons. The summed E-state index contributed by atoms with van der Waals surface area (Å²) in [4.78, 5) is 2.24. The van der Waals surface area contributed by atoms with Crippen molar-refractivity contribution in [3.8, 4) is 0 Å². The molecule has 5 heteroatoms. The van der Waals surface area contributed by atoms with Gasteiger partial charge >= 0.3 is 0 Å². The molecule has 1 aromatic heterocycles. The molecule has 2 heterocycles. The molecule has 0 saturated carbocycles.